The predicted molar refractivity (Wildman–Crippen MR) is 64.8 cm³/mol. The van der Waals surface area contributed by atoms with Gasteiger partial charge in [0.15, 0.2) is 0 Å². The van der Waals surface area contributed by atoms with Gasteiger partial charge in [0.05, 0.1) is 0 Å². The summed E-state index contributed by atoms with van der Waals surface area (Å²) >= 11 is 0. The highest BCUT2D eigenvalue weighted by Gasteiger charge is 2.37. The first-order valence-electron chi connectivity index (χ1n) is 6.20. The van der Waals surface area contributed by atoms with E-state index in [-0.39, 0.29) is 5.41 Å². The van der Waals surface area contributed by atoms with Crippen molar-refractivity contribution in [3.8, 4) is 5.75 Å². The van der Waals surface area contributed by atoms with Crippen molar-refractivity contribution in [2.45, 2.75) is 31.6 Å². The smallest absolute Gasteiger partial charge is 0.115 e. The van der Waals surface area contributed by atoms with E-state index in [4.69, 9.17) is 0 Å². The molecule has 86 valence electrons. The summed E-state index contributed by atoms with van der Waals surface area (Å²) < 4.78 is 0. The van der Waals surface area contributed by atoms with Gasteiger partial charge in [0.2, 0.25) is 0 Å². The zero-order chi connectivity index (χ0) is 11.2. The summed E-state index contributed by atoms with van der Waals surface area (Å²) in [7, 11) is 0. The number of rotatable bonds is 0. The van der Waals surface area contributed by atoms with Crippen LogP contribution < -0.4 is 5.32 Å². The molecule has 16 heavy (non-hydrogen) atoms. The van der Waals surface area contributed by atoms with Crippen molar-refractivity contribution >= 4 is 0 Å². The van der Waals surface area contributed by atoms with Crippen LogP contribution in [0, 0.1) is 5.92 Å². The summed E-state index contributed by atoms with van der Waals surface area (Å²) in [5.41, 5.74) is 3.09. The van der Waals surface area contributed by atoms with E-state index in [1.165, 1.54) is 24.0 Å². The second kappa shape index (κ2) is 3.49. The average molecular weight is 217 g/mol. The third kappa shape index (κ3) is 1.52. The molecule has 2 unspecified atom stereocenters. The van der Waals surface area contributed by atoms with Crippen molar-refractivity contribution < 1.29 is 5.11 Å². The van der Waals surface area contributed by atoms with Gasteiger partial charge in [-0.15, -0.1) is 0 Å². The fourth-order valence-corrected chi connectivity index (χ4v) is 3.49. The number of hydrogen-bond donors (Lipinski definition) is 2. The Labute approximate surface area is 96.7 Å². The second-order valence-corrected chi connectivity index (χ2v) is 5.63. The molecule has 3 rings (SSSR count). The Balaban J connectivity index is 2.11. The molecule has 2 bridgehead atoms. The molecule has 1 aliphatic carbocycles. The van der Waals surface area contributed by atoms with Crippen LogP contribution in [0.1, 0.15) is 30.9 Å². The summed E-state index contributed by atoms with van der Waals surface area (Å²) in [6.07, 6.45) is 3.61. The largest absolute Gasteiger partial charge is 0.508 e. The van der Waals surface area contributed by atoms with Crippen LogP contribution in [0.5, 0.6) is 5.75 Å². The van der Waals surface area contributed by atoms with Gasteiger partial charge in [0.25, 0.3) is 0 Å². The van der Waals surface area contributed by atoms with Crippen molar-refractivity contribution in [2.24, 2.45) is 5.92 Å². The molecule has 2 N–H and O–H groups in total. The van der Waals surface area contributed by atoms with Gasteiger partial charge in [-0.05, 0) is 66.9 Å². The second-order valence-electron chi connectivity index (χ2n) is 5.63. The lowest BCUT2D eigenvalue weighted by Gasteiger charge is -2.38. The van der Waals surface area contributed by atoms with Crippen LogP contribution >= 0.6 is 0 Å². The molecule has 2 heteroatoms. The van der Waals surface area contributed by atoms with Crippen LogP contribution in [0.25, 0.3) is 0 Å². The standard InChI is InChI=1S/C14H19NO/c1-14-4-5-15-9-10(8-14)6-11-2-3-12(16)7-13(11)14/h2-3,7,10,15-16H,4-6,8-9H2,1H3. The van der Waals surface area contributed by atoms with Gasteiger partial charge < -0.3 is 10.4 Å². The molecule has 1 aliphatic heterocycles. The normalized spacial score (nSPS) is 32.9. The highest BCUT2D eigenvalue weighted by Crippen LogP contribution is 2.44. The number of benzene rings is 1. The van der Waals surface area contributed by atoms with Crippen LogP contribution in [-0.2, 0) is 11.8 Å². The fourth-order valence-electron chi connectivity index (χ4n) is 3.49. The van der Waals surface area contributed by atoms with Gasteiger partial charge in [-0.2, -0.15) is 0 Å². The number of hydrogen-bond acceptors (Lipinski definition) is 2. The third-order valence-corrected chi connectivity index (χ3v) is 4.28. The molecule has 2 atom stereocenters. The molecule has 1 heterocycles. The number of nitrogens with one attached hydrogen (secondary N) is 1. The summed E-state index contributed by atoms with van der Waals surface area (Å²) in [5, 5.41) is 13.2. The van der Waals surface area contributed by atoms with Gasteiger partial charge >= 0.3 is 0 Å². The molecule has 2 nitrogen and oxygen atoms in total. The molecular formula is C14H19NO. The molecule has 1 aromatic rings. The molecule has 0 aromatic heterocycles. The highest BCUT2D eigenvalue weighted by molar-refractivity contribution is 5.42. The Morgan fingerprint density at radius 1 is 1.44 bits per heavy atom. The Morgan fingerprint density at radius 2 is 2.31 bits per heavy atom. The van der Waals surface area contributed by atoms with Gasteiger partial charge in [0, 0.05) is 0 Å². The average Bonchev–Trinajstić information content (AvgIpc) is 2.40. The maximum Gasteiger partial charge on any atom is 0.115 e. The summed E-state index contributed by atoms with van der Waals surface area (Å²) in [4.78, 5) is 0. The summed E-state index contributed by atoms with van der Waals surface area (Å²) in [6, 6.07) is 5.92. The van der Waals surface area contributed by atoms with E-state index in [0.717, 1.165) is 25.4 Å². The van der Waals surface area contributed by atoms with Crippen LogP contribution in [0.4, 0.5) is 0 Å². The minimum Gasteiger partial charge on any atom is -0.508 e. The molecule has 0 saturated carbocycles. The highest BCUT2D eigenvalue weighted by atomic mass is 16.3. The van der Waals surface area contributed by atoms with Gasteiger partial charge in [-0.25, -0.2) is 0 Å². The van der Waals surface area contributed by atoms with Crippen LogP contribution in [-0.4, -0.2) is 18.2 Å². The van der Waals surface area contributed by atoms with Gasteiger partial charge in [-0.3, -0.25) is 0 Å². The molecule has 1 fully saturated rings. The molecule has 0 amide bonds. The number of fused-ring (bicyclic) bond motifs is 4. The minimum absolute atomic E-state index is 0.264. The first-order valence-corrected chi connectivity index (χ1v) is 6.20. The molecule has 0 spiro atoms. The SMILES string of the molecule is CC12CCNCC(Cc3ccc(O)cc31)C2. The van der Waals surface area contributed by atoms with Crippen molar-refractivity contribution in [1.82, 2.24) is 5.32 Å². The summed E-state index contributed by atoms with van der Waals surface area (Å²) in [6.45, 7) is 4.60. The first-order chi connectivity index (χ1) is 7.67. The molecule has 1 aromatic carbocycles. The van der Waals surface area contributed by atoms with Crippen LogP contribution in [0.15, 0.2) is 18.2 Å². The van der Waals surface area contributed by atoms with E-state index >= 15 is 0 Å². The van der Waals surface area contributed by atoms with Crippen molar-refractivity contribution in [3.05, 3.63) is 29.3 Å². The Bertz CT molecular complexity index is 415. The lowest BCUT2D eigenvalue weighted by molar-refractivity contribution is 0.322. The number of phenolic OH excluding ortho intramolecular Hbond substituents is 1. The maximum atomic E-state index is 9.65. The van der Waals surface area contributed by atoms with E-state index < -0.39 is 0 Å². The van der Waals surface area contributed by atoms with E-state index in [1.54, 1.807) is 0 Å². The summed E-state index contributed by atoms with van der Waals surface area (Å²) in [5.74, 6) is 1.18. The third-order valence-electron chi connectivity index (χ3n) is 4.28. The minimum atomic E-state index is 0.264. The van der Waals surface area contributed by atoms with Crippen LogP contribution in [0.3, 0.4) is 0 Å². The maximum absolute atomic E-state index is 9.65. The molecule has 0 radical (unpaired) electrons. The van der Waals surface area contributed by atoms with E-state index in [9.17, 15) is 5.11 Å². The van der Waals surface area contributed by atoms with E-state index in [2.05, 4.69) is 18.3 Å². The lowest BCUT2D eigenvalue weighted by atomic mass is 9.66. The van der Waals surface area contributed by atoms with Crippen LogP contribution in [0.2, 0.25) is 0 Å². The zero-order valence-electron chi connectivity index (χ0n) is 9.79. The first kappa shape index (κ1) is 10.2. The monoisotopic (exact) mass is 217 g/mol. The van der Waals surface area contributed by atoms with Crippen molar-refractivity contribution in [2.75, 3.05) is 13.1 Å². The zero-order valence-corrected chi connectivity index (χ0v) is 9.79. The molecule has 1 saturated heterocycles. The predicted octanol–water partition coefficient (Wildman–Crippen LogP) is 2.21. The quantitative estimate of drug-likeness (QED) is 0.698. The van der Waals surface area contributed by atoms with E-state index in [0.29, 0.717) is 5.75 Å². The van der Waals surface area contributed by atoms with Crippen molar-refractivity contribution in [3.63, 3.8) is 0 Å². The number of aromatic hydroxyl groups is 1. The topological polar surface area (TPSA) is 32.3 Å². The lowest BCUT2D eigenvalue weighted by Crippen LogP contribution is -2.32. The van der Waals surface area contributed by atoms with Crippen molar-refractivity contribution in [1.29, 1.82) is 0 Å². The molecular weight excluding hydrogens is 198 g/mol. The van der Waals surface area contributed by atoms with Gasteiger partial charge in [0.1, 0.15) is 5.75 Å². The van der Waals surface area contributed by atoms with Gasteiger partial charge in [-0.1, -0.05) is 13.0 Å². The Hall–Kier alpha value is -1.02. The van der Waals surface area contributed by atoms with E-state index in [1.807, 2.05) is 12.1 Å². The number of phenols is 1. The Kier molecular flexibility index (Phi) is 2.21. The molecule has 2 aliphatic rings. The fraction of sp³-hybridized carbons (Fsp3) is 0.571. The Morgan fingerprint density at radius 3 is 3.19 bits per heavy atom.